The van der Waals surface area contributed by atoms with Crippen molar-refractivity contribution in [1.29, 1.82) is 10.5 Å². The molecule has 412 valence electrons. The van der Waals surface area contributed by atoms with E-state index in [1.807, 2.05) is 12.1 Å². The van der Waals surface area contributed by atoms with E-state index >= 15 is 0 Å². The fourth-order valence-corrected chi connectivity index (χ4v) is 9.02. The van der Waals surface area contributed by atoms with Crippen molar-refractivity contribution in [3.63, 3.8) is 0 Å². The molecule has 0 bridgehead atoms. The average molecular weight is 1090 g/mol. The predicted molar refractivity (Wildman–Crippen MR) is 280 cm³/mol. The molecule has 17 nitrogen and oxygen atoms in total. The number of alkyl halides is 5. The molecule has 0 aliphatic carbocycles. The number of anilines is 2. The minimum absolute atomic E-state index is 0.00421. The Morgan fingerprint density at radius 2 is 1.03 bits per heavy atom. The molecule has 79 heavy (non-hydrogen) atoms. The van der Waals surface area contributed by atoms with Gasteiger partial charge < -0.3 is 34.4 Å². The summed E-state index contributed by atoms with van der Waals surface area (Å²) in [7, 11) is 3.59. The van der Waals surface area contributed by atoms with Crippen LogP contribution in [0.25, 0.3) is 0 Å². The van der Waals surface area contributed by atoms with Gasteiger partial charge in [-0.2, -0.15) is 23.7 Å². The zero-order chi connectivity index (χ0) is 58.0. The number of nitrogens with zero attached hydrogens (tertiary/aromatic N) is 7. The van der Waals surface area contributed by atoms with Gasteiger partial charge in [-0.1, -0.05) is 67.8 Å². The number of ether oxygens (including phenoxy) is 2. The Morgan fingerprint density at radius 3 is 1.38 bits per heavy atom. The molecule has 4 aromatic carbocycles. The van der Waals surface area contributed by atoms with Crippen LogP contribution in [0.5, 0.6) is 0 Å². The summed E-state index contributed by atoms with van der Waals surface area (Å²) in [5.74, 6) is -6.53. The van der Waals surface area contributed by atoms with E-state index in [1.54, 1.807) is 14.1 Å². The molecular weight excluding hydrogens is 1030 g/mol. The predicted octanol–water partition coefficient (Wildman–Crippen LogP) is 8.54. The van der Waals surface area contributed by atoms with Gasteiger partial charge in [-0.15, -0.1) is 0 Å². The fraction of sp³-hybridized carbons (Fsp3) is 0.298. The molecule has 22 heteroatoms. The lowest BCUT2D eigenvalue weighted by molar-refractivity contribution is -0.887. The maximum atomic E-state index is 14.7. The monoisotopic (exact) mass is 1090 g/mol. The van der Waals surface area contributed by atoms with Gasteiger partial charge in [0.1, 0.15) is 26.3 Å². The number of likely N-dealkylation sites (N-methyl/N-ethyl adjacent to an activating group) is 1. The summed E-state index contributed by atoms with van der Waals surface area (Å²) in [5.41, 5.74) is -0.916. The normalized spacial score (nSPS) is 16.0. The highest BCUT2D eigenvalue weighted by atomic mass is 19.4. The molecule has 4 aromatic rings. The fourth-order valence-electron chi connectivity index (χ4n) is 9.02. The van der Waals surface area contributed by atoms with Crippen LogP contribution in [0.15, 0.2) is 145 Å². The van der Waals surface area contributed by atoms with Crippen LogP contribution in [0.1, 0.15) is 66.2 Å². The lowest BCUT2D eigenvalue weighted by atomic mass is 9.92. The highest BCUT2D eigenvalue weighted by Crippen LogP contribution is 2.43. The third-order valence-corrected chi connectivity index (χ3v) is 13.1. The molecule has 0 saturated carbocycles. The van der Waals surface area contributed by atoms with E-state index in [0.717, 1.165) is 43.9 Å². The van der Waals surface area contributed by atoms with E-state index in [2.05, 4.69) is 23.8 Å². The van der Waals surface area contributed by atoms with Gasteiger partial charge in [0.05, 0.1) is 104 Å². The van der Waals surface area contributed by atoms with E-state index in [1.165, 1.54) is 98.8 Å². The number of carbonyl (C=O) groups is 6. The number of urea groups is 2. The quantitative estimate of drug-likeness (QED) is 0.0352. The summed E-state index contributed by atoms with van der Waals surface area (Å²) in [6.45, 7) is 9.32. The Bertz CT molecular complexity index is 2970. The Hall–Kier alpha value is -9.15. The molecule has 0 saturated heterocycles. The smallest absolute Gasteiger partial charge is 0.416 e. The first-order chi connectivity index (χ1) is 37.3. The summed E-state index contributed by atoms with van der Waals surface area (Å²) < 4.78 is 82.2. The number of allylic oxidation sites excluding steroid dienone is 2. The number of carbonyl (C=O) groups excluding carboxylic acids is 6. The van der Waals surface area contributed by atoms with Crippen LogP contribution in [0.4, 0.5) is 42.9 Å². The van der Waals surface area contributed by atoms with E-state index in [-0.39, 0.29) is 94.5 Å². The number of hydrogen-bond donors (Lipinski definition) is 2. The number of nitriles is 2. The van der Waals surface area contributed by atoms with Gasteiger partial charge in [-0.05, 0) is 79.6 Å². The summed E-state index contributed by atoms with van der Waals surface area (Å²) >= 11 is 0. The van der Waals surface area contributed by atoms with Gasteiger partial charge in [0.25, 0.3) is 5.92 Å². The summed E-state index contributed by atoms with van der Waals surface area (Å²) in [5, 5.41) is 24.6. The highest BCUT2D eigenvalue weighted by molar-refractivity contribution is 6.06. The van der Waals surface area contributed by atoms with Gasteiger partial charge in [-0.25, -0.2) is 28.0 Å². The van der Waals surface area contributed by atoms with E-state index in [4.69, 9.17) is 9.47 Å². The molecule has 0 aromatic heterocycles. The van der Waals surface area contributed by atoms with Crippen molar-refractivity contribution in [3.8, 4) is 12.1 Å². The lowest BCUT2D eigenvalue weighted by Gasteiger charge is -2.42. The third kappa shape index (κ3) is 13.9. The molecule has 2 heterocycles. The van der Waals surface area contributed by atoms with Crippen LogP contribution >= 0.6 is 0 Å². The zero-order valence-electron chi connectivity index (χ0n) is 43.9. The molecule has 2 N–H and O–H groups in total. The molecule has 2 aliphatic rings. The minimum atomic E-state index is -4.80. The number of amides is 6. The van der Waals surface area contributed by atoms with E-state index in [0.29, 0.717) is 12.5 Å². The van der Waals surface area contributed by atoms with Crippen LogP contribution in [0, 0.1) is 22.7 Å². The highest BCUT2D eigenvalue weighted by Gasteiger charge is 2.46. The van der Waals surface area contributed by atoms with Crippen molar-refractivity contribution in [2.75, 3.05) is 76.4 Å². The van der Waals surface area contributed by atoms with E-state index in [9.17, 15) is 61.2 Å². The molecule has 2 atom stereocenters. The van der Waals surface area contributed by atoms with Gasteiger partial charge in [0.2, 0.25) is 11.8 Å². The van der Waals surface area contributed by atoms with Crippen molar-refractivity contribution in [2.24, 2.45) is 0 Å². The zero-order valence-corrected chi connectivity index (χ0v) is 43.9. The topological polar surface area (TPSA) is 205 Å². The second-order valence-corrected chi connectivity index (χ2v) is 19.1. The minimum Gasteiger partial charge on any atom is -0.458 e. The first-order valence-corrected chi connectivity index (χ1v) is 24.6. The SMILES string of the molecule is C=CCOC(=O)C1=C(C)N(c2cccc(C(C)(F)F)c2)C(=O)N(CC(=O)NCC[N+](C)(C)CCNC(=O)CN2C(=O)N(c3cccc(C(F)(F)F)c3)C(C)=C(C(=O)OCC=C)[C@H]2c2ccc(C#N)cc2)[C@@H]1c1ccc(C#N)cc1. The van der Waals surface area contributed by atoms with Crippen LogP contribution in [-0.4, -0.2) is 117 Å². The van der Waals surface area contributed by atoms with Crippen molar-refractivity contribution >= 4 is 47.2 Å². The largest absolute Gasteiger partial charge is 0.458 e. The molecule has 0 spiro atoms. The Balaban J connectivity index is 1.20. The Kier molecular flexibility index (Phi) is 18.6. The second-order valence-electron chi connectivity index (χ2n) is 19.1. The maximum Gasteiger partial charge on any atom is 0.416 e. The molecule has 0 fully saturated rings. The third-order valence-electron chi connectivity index (χ3n) is 13.1. The van der Waals surface area contributed by atoms with Crippen molar-refractivity contribution in [3.05, 3.63) is 178 Å². The van der Waals surface area contributed by atoms with Crippen LogP contribution < -0.4 is 20.4 Å². The number of benzene rings is 4. The molecular formula is C57H57F5N9O8+. The molecule has 6 rings (SSSR count). The Labute approximate surface area is 453 Å². The van der Waals surface area contributed by atoms with Gasteiger partial charge in [-0.3, -0.25) is 19.4 Å². The average Bonchev–Trinajstić information content (AvgIpc) is 3.54. The van der Waals surface area contributed by atoms with Crippen molar-refractivity contribution < 1.29 is 64.7 Å². The van der Waals surface area contributed by atoms with E-state index < -0.39 is 84.2 Å². The van der Waals surface area contributed by atoms with Crippen LogP contribution in [-0.2, 0) is 40.8 Å². The summed E-state index contributed by atoms with van der Waals surface area (Å²) in [6.07, 6.45) is -2.16. The number of rotatable bonds is 21. The van der Waals surface area contributed by atoms with Crippen molar-refractivity contribution in [2.45, 2.75) is 45.0 Å². The second kappa shape index (κ2) is 24.9. The maximum absolute atomic E-state index is 14.7. The van der Waals surface area contributed by atoms with Crippen LogP contribution in [0.2, 0.25) is 0 Å². The summed E-state index contributed by atoms with van der Waals surface area (Å²) in [6, 6.07) is 20.4. The van der Waals surface area contributed by atoms with Crippen molar-refractivity contribution in [1.82, 2.24) is 20.4 Å². The first kappa shape index (κ1) is 59.1. The van der Waals surface area contributed by atoms with Gasteiger partial charge in [0.15, 0.2) is 0 Å². The Morgan fingerprint density at radius 1 is 0.646 bits per heavy atom. The van der Waals surface area contributed by atoms with Crippen LogP contribution in [0.3, 0.4) is 0 Å². The summed E-state index contributed by atoms with van der Waals surface area (Å²) in [4.78, 5) is 89.1. The lowest BCUT2D eigenvalue weighted by Crippen LogP contribution is -2.55. The molecule has 2 aliphatic heterocycles. The number of quaternary nitrogens is 1. The molecule has 6 amide bonds. The standard InChI is InChI=1S/C57H56F5N9O8/c1-8-28-78-52(74)48-36(3)69(44-14-10-12-42(30-44)56(5,58)59)54(76)67(50(48)40-20-16-38(32-63)17-21-40)34-46(72)65-24-26-71(6,7)27-25-66-47(73)35-68-51(41-22-18-39(33-64)19-23-41)49(53(75)79-29-9-2)37(4)70(55(68)77)45-15-11-13-43(31-45)57(60,61)62/h8-23,30-31,50-51H,1-2,24-29,34-35H2,3-7H3,(H-,65,66,72,73)/p+1/t50-,51-/m1/s1. The number of hydrogen-bond acceptors (Lipinski definition) is 10. The number of esters is 2. The first-order valence-electron chi connectivity index (χ1n) is 24.6. The molecule has 0 radical (unpaired) electrons. The van der Waals surface area contributed by atoms with Gasteiger partial charge >= 0.3 is 30.2 Å². The van der Waals surface area contributed by atoms with Gasteiger partial charge in [0, 0.05) is 23.9 Å². The number of halogens is 5. The number of nitrogens with one attached hydrogen (secondary N) is 2. The molecule has 0 unspecified atom stereocenters.